The van der Waals surface area contributed by atoms with E-state index in [2.05, 4.69) is 24.3 Å². The fourth-order valence-electron chi connectivity index (χ4n) is 4.94. The lowest BCUT2D eigenvalue weighted by Gasteiger charge is -2.19. The average Bonchev–Trinajstić information content (AvgIpc) is 3.38. The fourth-order valence-corrected chi connectivity index (χ4v) is 4.94. The van der Waals surface area contributed by atoms with Crippen molar-refractivity contribution in [2.45, 2.75) is 59.5 Å². The number of aliphatic hydroxyl groups is 1. The molecule has 0 amide bonds. The number of benzene rings is 1. The molecule has 1 unspecified atom stereocenters. The van der Waals surface area contributed by atoms with Crippen LogP contribution in [0.4, 0.5) is 0 Å². The van der Waals surface area contributed by atoms with Crippen LogP contribution in [0.25, 0.3) is 22.6 Å². The number of hydrogen-bond donors (Lipinski definition) is 2. The molecule has 1 saturated carbocycles. The Morgan fingerprint density at radius 1 is 1.21 bits per heavy atom. The molecule has 34 heavy (non-hydrogen) atoms. The molecule has 2 aromatic heterocycles. The number of aliphatic hydroxyl groups excluding tert-OH is 1. The zero-order valence-electron chi connectivity index (χ0n) is 20.9. The second-order valence-electron chi connectivity index (χ2n) is 9.59. The van der Waals surface area contributed by atoms with Gasteiger partial charge < -0.3 is 19.7 Å². The highest BCUT2D eigenvalue weighted by molar-refractivity contribution is 5.71. The molecule has 1 aliphatic carbocycles. The fraction of sp³-hybridized carbons (Fsp3) is 0.519. The molecule has 1 fully saturated rings. The summed E-state index contributed by atoms with van der Waals surface area (Å²) in [6, 6.07) is 7.77. The third kappa shape index (κ3) is 5.31. The normalized spacial score (nSPS) is 18.9. The van der Waals surface area contributed by atoms with Gasteiger partial charge in [0.05, 0.1) is 17.0 Å². The van der Waals surface area contributed by atoms with Crippen LogP contribution >= 0.6 is 0 Å². The minimum absolute atomic E-state index is 0.216. The van der Waals surface area contributed by atoms with Crippen molar-refractivity contribution < 1.29 is 14.4 Å². The molecule has 1 aromatic carbocycles. The van der Waals surface area contributed by atoms with Crippen molar-refractivity contribution in [1.82, 2.24) is 20.4 Å². The summed E-state index contributed by atoms with van der Waals surface area (Å²) in [6.07, 6.45) is 4.20. The molecule has 2 N–H and O–H groups in total. The summed E-state index contributed by atoms with van der Waals surface area (Å²) < 4.78 is 11.3. The largest absolute Gasteiger partial charge is 0.491 e. The van der Waals surface area contributed by atoms with Crippen molar-refractivity contribution in [2.24, 2.45) is 11.8 Å². The molecule has 0 saturated heterocycles. The van der Waals surface area contributed by atoms with E-state index in [1.54, 1.807) is 7.05 Å². The summed E-state index contributed by atoms with van der Waals surface area (Å²) in [5.41, 5.74) is 5.74. The van der Waals surface area contributed by atoms with Gasteiger partial charge in [0.25, 0.3) is 0 Å². The molecule has 3 atom stereocenters. The number of hydrogen-bond acceptors (Lipinski definition) is 7. The average molecular weight is 465 g/mol. The van der Waals surface area contributed by atoms with Gasteiger partial charge in [-0.1, -0.05) is 37.1 Å². The molecule has 0 radical (unpaired) electrons. The van der Waals surface area contributed by atoms with Crippen molar-refractivity contribution in [3.63, 3.8) is 0 Å². The first-order chi connectivity index (χ1) is 16.4. The topological polar surface area (TPSA) is 93.3 Å². The van der Waals surface area contributed by atoms with Gasteiger partial charge in [0.1, 0.15) is 24.2 Å². The summed E-state index contributed by atoms with van der Waals surface area (Å²) in [7, 11) is 1.80. The minimum Gasteiger partial charge on any atom is -0.491 e. The number of rotatable bonds is 9. The lowest BCUT2D eigenvalue weighted by molar-refractivity contribution is 0.108. The molecule has 182 valence electrons. The van der Waals surface area contributed by atoms with Gasteiger partial charge in [-0.05, 0) is 70.2 Å². The highest BCUT2D eigenvalue weighted by Gasteiger charge is 2.27. The van der Waals surface area contributed by atoms with E-state index < -0.39 is 6.10 Å². The standard InChI is InChI=1S/C27H36N4O3/c1-16-8-6-9-20(16)13-24-17(2)26(25-18(3)31-34-19(25)4)30-27(29-24)21-10-7-11-23(12-21)33-15-22(32)14-28-5/h7,10-12,16,20,22,28,32H,6,8-9,13-15H2,1-5H3/t16-,20-,22?/m1/s1. The highest BCUT2D eigenvalue weighted by Crippen LogP contribution is 2.37. The smallest absolute Gasteiger partial charge is 0.160 e. The van der Waals surface area contributed by atoms with Crippen LogP contribution in [0, 0.1) is 32.6 Å². The molecule has 1 aliphatic rings. The van der Waals surface area contributed by atoms with E-state index in [0.717, 1.165) is 46.0 Å². The van der Waals surface area contributed by atoms with Crippen molar-refractivity contribution >= 4 is 0 Å². The van der Waals surface area contributed by atoms with Crippen LogP contribution in [0.3, 0.4) is 0 Å². The van der Waals surface area contributed by atoms with E-state index in [4.69, 9.17) is 19.2 Å². The lowest BCUT2D eigenvalue weighted by atomic mass is 9.90. The van der Waals surface area contributed by atoms with Crippen LogP contribution < -0.4 is 10.1 Å². The highest BCUT2D eigenvalue weighted by atomic mass is 16.5. The zero-order chi connectivity index (χ0) is 24.2. The Morgan fingerprint density at radius 2 is 2.03 bits per heavy atom. The van der Waals surface area contributed by atoms with E-state index in [1.807, 2.05) is 38.1 Å². The van der Waals surface area contributed by atoms with E-state index in [-0.39, 0.29) is 6.61 Å². The number of aryl methyl sites for hydroxylation is 2. The molecular formula is C27H36N4O3. The summed E-state index contributed by atoms with van der Waals surface area (Å²) in [5.74, 6) is 3.47. The number of nitrogens with one attached hydrogen (secondary N) is 1. The SMILES string of the molecule is CNCC(O)COc1cccc(-c2nc(C[C@H]3CCC[C@H]3C)c(C)c(-c3c(C)noc3C)n2)c1. The Kier molecular flexibility index (Phi) is 7.63. The molecule has 0 aliphatic heterocycles. The van der Waals surface area contributed by atoms with Crippen molar-refractivity contribution in [3.05, 3.63) is 47.0 Å². The quantitative estimate of drug-likeness (QED) is 0.476. The van der Waals surface area contributed by atoms with Crippen LogP contribution in [0.2, 0.25) is 0 Å². The van der Waals surface area contributed by atoms with Gasteiger partial charge in [-0.25, -0.2) is 9.97 Å². The number of aromatic nitrogens is 3. The van der Waals surface area contributed by atoms with Crippen molar-refractivity contribution in [3.8, 4) is 28.4 Å². The minimum atomic E-state index is -0.574. The molecule has 0 bridgehead atoms. The first kappa shape index (κ1) is 24.4. The van der Waals surface area contributed by atoms with E-state index >= 15 is 0 Å². The molecule has 7 heteroatoms. The van der Waals surface area contributed by atoms with Gasteiger partial charge in [0.15, 0.2) is 5.82 Å². The Hall–Kier alpha value is -2.77. The molecular weight excluding hydrogens is 428 g/mol. The van der Waals surface area contributed by atoms with E-state index in [1.165, 1.54) is 19.3 Å². The zero-order valence-corrected chi connectivity index (χ0v) is 20.9. The van der Waals surface area contributed by atoms with Gasteiger partial charge in [-0.15, -0.1) is 0 Å². The van der Waals surface area contributed by atoms with E-state index in [0.29, 0.717) is 30.0 Å². The number of ether oxygens (including phenoxy) is 1. The Morgan fingerprint density at radius 3 is 2.71 bits per heavy atom. The van der Waals surface area contributed by atoms with Crippen LogP contribution in [-0.4, -0.2) is 46.5 Å². The third-order valence-corrected chi connectivity index (χ3v) is 6.99. The Bertz CT molecular complexity index is 1110. The Labute approximate surface area is 202 Å². The number of likely N-dealkylation sites (N-methyl/N-ethyl adjacent to an activating group) is 1. The summed E-state index contributed by atoms with van der Waals surface area (Å²) in [6.45, 7) is 9.05. The van der Waals surface area contributed by atoms with E-state index in [9.17, 15) is 5.11 Å². The molecule has 2 heterocycles. The van der Waals surface area contributed by atoms with Crippen LogP contribution in [-0.2, 0) is 6.42 Å². The predicted molar refractivity (Wildman–Crippen MR) is 133 cm³/mol. The molecule has 7 nitrogen and oxygen atoms in total. The second kappa shape index (κ2) is 10.7. The van der Waals surface area contributed by atoms with Crippen LogP contribution in [0.1, 0.15) is 48.9 Å². The van der Waals surface area contributed by atoms with Gasteiger partial charge in [0, 0.05) is 17.8 Å². The first-order valence-corrected chi connectivity index (χ1v) is 12.2. The molecule has 4 rings (SSSR count). The summed E-state index contributed by atoms with van der Waals surface area (Å²) >= 11 is 0. The maximum Gasteiger partial charge on any atom is 0.160 e. The van der Waals surface area contributed by atoms with Gasteiger partial charge >= 0.3 is 0 Å². The van der Waals surface area contributed by atoms with Gasteiger partial charge in [-0.3, -0.25) is 0 Å². The summed E-state index contributed by atoms with van der Waals surface area (Å²) in [5, 5.41) is 17.1. The van der Waals surface area contributed by atoms with Gasteiger partial charge in [-0.2, -0.15) is 0 Å². The monoisotopic (exact) mass is 464 g/mol. The van der Waals surface area contributed by atoms with Crippen molar-refractivity contribution in [2.75, 3.05) is 20.2 Å². The maximum atomic E-state index is 9.99. The first-order valence-electron chi connectivity index (χ1n) is 12.2. The van der Waals surface area contributed by atoms with Gasteiger partial charge in [0.2, 0.25) is 0 Å². The number of nitrogens with zero attached hydrogens (tertiary/aromatic N) is 3. The van der Waals surface area contributed by atoms with Crippen molar-refractivity contribution in [1.29, 1.82) is 0 Å². The third-order valence-electron chi connectivity index (χ3n) is 6.99. The second-order valence-corrected chi connectivity index (χ2v) is 9.59. The molecule has 0 spiro atoms. The van der Waals surface area contributed by atoms with Crippen LogP contribution in [0.15, 0.2) is 28.8 Å². The summed E-state index contributed by atoms with van der Waals surface area (Å²) in [4.78, 5) is 10.1. The Balaban J connectivity index is 1.73. The maximum absolute atomic E-state index is 9.99. The molecule has 3 aromatic rings. The van der Waals surface area contributed by atoms with Crippen LogP contribution in [0.5, 0.6) is 5.75 Å². The predicted octanol–water partition coefficient (Wildman–Crippen LogP) is 4.66. The lowest BCUT2D eigenvalue weighted by Crippen LogP contribution is -2.29.